The Hall–Kier alpha value is -3.74. The predicted octanol–water partition coefficient (Wildman–Crippen LogP) is 4.14. The summed E-state index contributed by atoms with van der Waals surface area (Å²) in [7, 11) is 0. The molecule has 0 amide bonds. The lowest BCUT2D eigenvalue weighted by atomic mass is 10.0. The van der Waals surface area contributed by atoms with E-state index in [-0.39, 0.29) is 17.4 Å². The van der Waals surface area contributed by atoms with Crippen molar-refractivity contribution >= 4 is 5.95 Å². The van der Waals surface area contributed by atoms with Crippen molar-refractivity contribution in [1.82, 2.24) is 20.2 Å². The van der Waals surface area contributed by atoms with Crippen LogP contribution in [0.5, 0.6) is 0 Å². The van der Waals surface area contributed by atoms with Crippen molar-refractivity contribution in [3.05, 3.63) is 88.6 Å². The molecule has 0 spiro atoms. The molecule has 1 atom stereocenters. The first-order valence-corrected chi connectivity index (χ1v) is 8.83. The lowest BCUT2D eigenvalue weighted by Crippen LogP contribution is -2.09. The standard InChI is InChI=1S/C21H18FN5O/c1-13(14-5-3-2-4-6-14)24-21-23-12-11-17(25-21)19-18(20(28)27-26-19)15-7-9-16(22)10-8-15/h2-13H,1H3,(H,23,24,25)(H2,26,27,28)/t13-/m0/s1. The molecular formula is C21H18FN5O. The summed E-state index contributed by atoms with van der Waals surface area (Å²) in [5.41, 5.74) is 2.89. The van der Waals surface area contributed by atoms with Crippen LogP contribution in [-0.4, -0.2) is 20.2 Å². The Bertz CT molecular complexity index is 1140. The fourth-order valence-corrected chi connectivity index (χ4v) is 3.03. The molecule has 0 fully saturated rings. The lowest BCUT2D eigenvalue weighted by molar-refractivity contribution is 0.628. The number of hydrogen-bond acceptors (Lipinski definition) is 4. The molecule has 0 aliphatic heterocycles. The molecule has 140 valence electrons. The number of aromatic nitrogens is 4. The molecule has 3 N–H and O–H groups in total. The van der Waals surface area contributed by atoms with Crippen molar-refractivity contribution in [2.75, 3.05) is 5.32 Å². The van der Waals surface area contributed by atoms with Crippen molar-refractivity contribution in [3.8, 4) is 22.5 Å². The second-order valence-corrected chi connectivity index (χ2v) is 6.38. The number of nitrogens with one attached hydrogen (secondary N) is 3. The Morgan fingerprint density at radius 1 is 1.00 bits per heavy atom. The van der Waals surface area contributed by atoms with Crippen LogP contribution < -0.4 is 10.9 Å². The molecule has 7 heteroatoms. The van der Waals surface area contributed by atoms with Crippen LogP contribution in [0.1, 0.15) is 18.5 Å². The first-order chi connectivity index (χ1) is 13.6. The van der Waals surface area contributed by atoms with E-state index in [0.717, 1.165) is 5.56 Å². The Kier molecular flexibility index (Phi) is 4.72. The van der Waals surface area contributed by atoms with Gasteiger partial charge in [-0.1, -0.05) is 42.5 Å². The van der Waals surface area contributed by atoms with Gasteiger partial charge in [-0.25, -0.2) is 14.4 Å². The van der Waals surface area contributed by atoms with Gasteiger partial charge in [0.15, 0.2) is 0 Å². The summed E-state index contributed by atoms with van der Waals surface area (Å²) in [6, 6.07) is 17.5. The van der Waals surface area contributed by atoms with E-state index >= 15 is 0 Å². The van der Waals surface area contributed by atoms with Gasteiger partial charge in [0.2, 0.25) is 5.95 Å². The molecule has 4 aromatic rings. The minimum Gasteiger partial charge on any atom is -0.348 e. The summed E-state index contributed by atoms with van der Waals surface area (Å²) in [4.78, 5) is 21.1. The summed E-state index contributed by atoms with van der Waals surface area (Å²) in [6.45, 7) is 2.02. The minimum atomic E-state index is -0.360. The number of anilines is 1. The number of benzene rings is 2. The van der Waals surface area contributed by atoms with E-state index in [4.69, 9.17) is 0 Å². The normalized spacial score (nSPS) is 11.9. The number of aromatic amines is 2. The first-order valence-electron chi connectivity index (χ1n) is 8.83. The Morgan fingerprint density at radius 3 is 2.50 bits per heavy atom. The quantitative estimate of drug-likeness (QED) is 0.489. The number of hydrogen-bond donors (Lipinski definition) is 3. The molecule has 0 saturated heterocycles. The Labute approximate surface area is 160 Å². The third kappa shape index (κ3) is 3.55. The van der Waals surface area contributed by atoms with Crippen molar-refractivity contribution in [1.29, 1.82) is 0 Å². The summed E-state index contributed by atoms with van der Waals surface area (Å²) in [5.74, 6) is 0.0849. The summed E-state index contributed by atoms with van der Waals surface area (Å²) in [5, 5.41) is 8.71. The highest BCUT2D eigenvalue weighted by Gasteiger charge is 2.16. The van der Waals surface area contributed by atoms with Gasteiger partial charge in [0, 0.05) is 6.20 Å². The Balaban J connectivity index is 1.67. The highest BCUT2D eigenvalue weighted by Crippen LogP contribution is 2.27. The van der Waals surface area contributed by atoms with E-state index < -0.39 is 0 Å². The molecule has 2 aromatic heterocycles. The van der Waals surface area contributed by atoms with Crippen LogP contribution in [0.3, 0.4) is 0 Å². The molecule has 0 radical (unpaired) electrons. The maximum Gasteiger partial charge on any atom is 0.272 e. The maximum absolute atomic E-state index is 13.2. The first kappa shape index (κ1) is 17.7. The van der Waals surface area contributed by atoms with Crippen LogP contribution in [0, 0.1) is 5.82 Å². The molecular weight excluding hydrogens is 357 g/mol. The number of rotatable bonds is 5. The zero-order chi connectivity index (χ0) is 19.5. The van der Waals surface area contributed by atoms with Gasteiger partial charge in [0.1, 0.15) is 5.82 Å². The van der Waals surface area contributed by atoms with Gasteiger partial charge in [-0.2, -0.15) is 0 Å². The average molecular weight is 375 g/mol. The van der Waals surface area contributed by atoms with Gasteiger partial charge in [-0.05, 0) is 36.2 Å². The monoisotopic (exact) mass is 375 g/mol. The third-order valence-electron chi connectivity index (χ3n) is 4.47. The number of nitrogens with zero attached hydrogens (tertiary/aromatic N) is 2. The molecule has 0 saturated carbocycles. The molecule has 0 unspecified atom stereocenters. The number of halogens is 1. The molecule has 28 heavy (non-hydrogen) atoms. The van der Waals surface area contributed by atoms with Gasteiger partial charge in [0.05, 0.1) is 23.0 Å². The number of H-pyrrole nitrogens is 2. The molecule has 2 aromatic carbocycles. The minimum absolute atomic E-state index is 0.0123. The summed E-state index contributed by atoms with van der Waals surface area (Å²) < 4.78 is 13.2. The van der Waals surface area contributed by atoms with E-state index in [2.05, 4.69) is 25.5 Å². The van der Waals surface area contributed by atoms with Crippen LogP contribution in [-0.2, 0) is 0 Å². The second kappa shape index (κ2) is 7.48. The lowest BCUT2D eigenvalue weighted by Gasteiger charge is -2.14. The molecule has 6 nitrogen and oxygen atoms in total. The molecule has 2 heterocycles. The van der Waals surface area contributed by atoms with Crippen molar-refractivity contribution in [3.63, 3.8) is 0 Å². The van der Waals surface area contributed by atoms with Crippen LogP contribution in [0.4, 0.5) is 10.3 Å². The van der Waals surface area contributed by atoms with Gasteiger partial charge < -0.3 is 5.32 Å². The zero-order valence-corrected chi connectivity index (χ0v) is 15.1. The second-order valence-electron chi connectivity index (χ2n) is 6.38. The Morgan fingerprint density at radius 2 is 1.75 bits per heavy atom. The van der Waals surface area contributed by atoms with Gasteiger partial charge in [-0.15, -0.1) is 0 Å². The SMILES string of the molecule is C[C@H](Nc1nccc(-c2[nH][nH]c(=O)c2-c2ccc(F)cc2)n1)c1ccccc1. The molecule has 0 aliphatic carbocycles. The van der Waals surface area contributed by atoms with Crippen LogP contribution in [0.25, 0.3) is 22.5 Å². The van der Waals surface area contributed by atoms with Crippen molar-refractivity contribution < 1.29 is 4.39 Å². The zero-order valence-electron chi connectivity index (χ0n) is 15.1. The van der Waals surface area contributed by atoms with E-state index in [9.17, 15) is 9.18 Å². The van der Waals surface area contributed by atoms with Crippen molar-refractivity contribution in [2.24, 2.45) is 0 Å². The van der Waals surface area contributed by atoms with Crippen LogP contribution >= 0.6 is 0 Å². The predicted molar refractivity (Wildman–Crippen MR) is 106 cm³/mol. The highest BCUT2D eigenvalue weighted by molar-refractivity contribution is 5.78. The molecule has 0 aliphatic rings. The largest absolute Gasteiger partial charge is 0.348 e. The summed E-state index contributed by atoms with van der Waals surface area (Å²) >= 11 is 0. The smallest absolute Gasteiger partial charge is 0.272 e. The van der Waals surface area contributed by atoms with Crippen molar-refractivity contribution in [2.45, 2.75) is 13.0 Å². The van der Waals surface area contributed by atoms with Gasteiger partial charge >= 0.3 is 0 Å². The molecule has 0 bridgehead atoms. The highest BCUT2D eigenvalue weighted by atomic mass is 19.1. The van der Waals surface area contributed by atoms with Gasteiger partial charge in [-0.3, -0.25) is 15.0 Å². The van der Waals surface area contributed by atoms with E-state index in [0.29, 0.717) is 28.5 Å². The molecule has 4 rings (SSSR count). The fourth-order valence-electron chi connectivity index (χ4n) is 3.03. The third-order valence-corrected chi connectivity index (χ3v) is 4.47. The van der Waals surface area contributed by atoms with Crippen LogP contribution in [0.15, 0.2) is 71.7 Å². The van der Waals surface area contributed by atoms with Gasteiger partial charge in [0.25, 0.3) is 5.56 Å². The summed E-state index contributed by atoms with van der Waals surface area (Å²) in [6.07, 6.45) is 1.63. The fraction of sp³-hybridized carbons (Fsp3) is 0.0952. The maximum atomic E-state index is 13.2. The average Bonchev–Trinajstić information content (AvgIpc) is 3.11. The van der Waals surface area contributed by atoms with E-state index in [1.165, 1.54) is 12.1 Å². The van der Waals surface area contributed by atoms with E-state index in [1.807, 2.05) is 37.3 Å². The van der Waals surface area contributed by atoms with E-state index in [1.54, 1.807) is 24.4 Å². The van der Waals surface area contributed by atoms with Crippen LogP contribution in [0.2, 0.25) is 0 Å². The topological polar surface area (TPSA) is 86.5 Å².